The van der Waals surface area contributed by atoms with E-state index in [1.54, 1.807) is 18.2 Å². The minimum atomic E-state index is -0.975. The maximum Gasteiger partial charge on any atom is 0.254 e. The number of hydrogen-bond acceptors (Lipinski definition) is 3. The zero-order valence-electron chi connectivity index (χ0n) is 9.77. The van der Waals surface area contributed by atoms with Crippen molar-refractivity contribution in [2.75, 3.05) is 6.54 Å². The molecule has 0 bridgehead atoms. The summed E-state index contributed by atoms with van der Waals surface area (Å²) in [6.45, 7) is 0.00741. The summed E-state index contributed by atoms with van der Waals surface area (Å²) in [6.07, 6.45) is 1.75. The van der Waals surface area contributed by atoms with E-state index in [1.807, 2.05) is 0 Å². The van der Waals surface area contributed by atoms with Gasteiger partial charge in [0, 0.05) is 22.2 Å². The number of nitrogens with one attached hydrogen (secondary N) is 1. The number of furan rings is 1. The van der Waals surface area contributed by atoms with Crippen molar-refractivity contribution in [1.29, 1.82) is 0 Å². The summed E-state index contributed by atoms with van der Waals surface area (Å²) in [5, 5.41) is 13.3. The largest absolute Gasteiger partial charge is 0.472 e. The van der Waals surface area contributed by atoms with Crippen LogP contribution < -0.4 is 5.32 Å². The van der Waals surface area contributed by atoms with E-state index in [0.717, 1.165) is 0 Å². The summed E-state index contributed by atoms with van der Waals surface area (Å²) >= 11 is 11.9. The molecule has 0 spiro atoms. The fourth-order valence-corrected chi connectivity index (χ4v) is 2.27. The molecule has 1 atom stereocenters. The quantitative estimate of drug-likeness (QED) is 0.912. The molecule has 0 aliphatic carbocycles. The number of hydrogen-bond donors (Lipinski definition) is 2. The van der Waals surface area contributed by atoms with E-state index in [4.69, 9.17) is 27.6 Å². The van der Waals surface area contributed by atoms with Crippen molar-refractivity contribution in [3.8, 4) is 0 Å². The van der Waals surface area contributed by atoms with Crippen LogP contribution in [0.25, 0.3) is 0 Å². The van der Waals surface area contributed by atoms with Crippen molar-refractivity contribution in [2.45, 2.75) is 6.10 Å². The van der Waals surface area contributed by atoms with Gasteiger partial charge in [0.05, 0.1) is 17.9 Å². The van der Waals surface area contributed by atoms with E-state index in [-0.39, 0.29) is 12.5 Å². The molecule has 2 N–H and O–H groups in total. The van der Waals surface area contributed by atoms with Crippen LogP contribution in [0.3, 0.4) is 0 Å². The third-order valence-electron chi connectivity index (χ3n) is 2.57. The van der Waals surface area contributed by atoms with Gasteiger partial charge < -0.3 is 14.8 Å². The Morgan fingerprint density at radius 2 is 2.00 bits per heavy atom. The smallest absolute Gasteiger partial charge is 0.254 e. The highest BCUT2D eigenvalue weighted by molar-refractivity contribution is 6.36. The molecule has 0 aliphatic heterocycles. The highest BCUT2D eigenvalue weighted by Crippen LogP contribution is 2.29. The number of carbonyl (C=O) groups is 1. The van der Waals surface area contributed by atoms with Gasteiger partial charge in [0.1, 0.15) is 6.26 Å². The van der Waals surface area contributed by atoms with E-state index in [2.05, 4.69) is 5.32 Å². The fraction of sp³-hybridized carbons (Fsp3) is 0.154. The molecule has 0 fully saturated rings. The van der Waals surface area contributed by atoms with Crippen molar-refractivity contribution in [3.05, 3.63) is 58.0 Å². The summed E-state index contributed by atoms with van der Waals surface area (Å²) < 4.78 is 4.80. The van der Waals surface area contributed by atoms with Crippen LogP contribution in [0.15, 0.2) is 41.2 Å². The number of halogens is 2. The number of benzene rings is 1. The van der Waals surface area contributed by atoms with Crippen molar-refractivity contribution < 1.29 is 14.3 Å². The number of amides is 1. The molecule has 0 unspecified atom stereocenters. The average Bonchev–Trinajstić information content (AvgIpc) is 2.89. The van der Waals surface area contributed by atoms with Gasteiger partial charge in [0.15, 0.2) is 0 Å². The van der Waals surface area contributed by atoms with Gasteiger partial charge in [0.25, 0.3) is 5.91 Å². The number of rotatable bonds is 4. The normalized spacial score (nSPS) is 12.2. The Labute approximate surface area is 119 Å². The van der Waals surface area contributed by atoms with Gasteiger partial charge in [-0.15, -0.1) is 0 Å². The van der Waals surface area contributed by atoms with Gasteiger partial charge >= 0.3 is 0 Å². The highest BCUT2D eigenvalue weighted by atomic mass is 35.5. The predicted molar refractivity (Wildman–Crippen MR) is 72.5 cm³/mol. The molecule has 1 heterocycles. The Hall–Kier alpha value is -1.49. The lowest BCUT2D eigenvalue weighted by molar-refractivity contribution is 0.0915. The van der Waals surface area contributed by atoms with Crippen LogP contribution in [0.5, 0.6) is 0 Å². The molecule has 1 aromatic heterocycles. The van der Waals surface area contributed by atoms with Gasteiger partial charge in [-0.05, 0) is 18.2 Å². The minimum absolute atomic E-state index is 0.00741. The monoisotopic (exact) mass is 299 g/mol. The molecule has 0 saturated heterocycles. The molecule has 0 saturated carbocycles. The van der Waals surface area contributed by atoms with E-state index in [1.165, 1.54) is 18.6 Å². The first-order chi connectivity index (χ1) is 9.09. The summed E-state index contributed by atoms with van der Waals surface area (Å²) in [4.78, 5) is 11.7. The molecular formula is C13H11Cl2NO3. The van der Waals surface area contributed by atoms with Gasteiger partial charge in [-0.3, -0.25) is 4.79 Å². The summed E-state index contributed by atoms with van der Waals surface area (Å²) in [6, 6.07) is 6.48. The molecule has 4 nitrogen and oxygen atoms in total. The molecular weight excluding hydrogens is 289 g/mol. The molecule has 2 aromatic rings. The SMILES string of the molecule is O=C(NC[C@@H](O)c1c(Cl)cccc1Cl)c1ccoc1. The second-order valence-corrected chi connectivity index (χ2v) is 4.69. The Morgan fingerprint density at radius 1 is 1.32 bits per heavy atom. The second kappa shape index (κ2) is 6.10. The van der Waals surface area contributed by atoms with Crippen LogP contribution in [0.4, 0.5) is 0 Å². The average molecular weight is 300 g/mol. The lowest BCUT2D eigenvalue weighted by atomic mass is 10.1. The molecule has 6 heteroatoms. The molecule has 19 heavy (non-hydrogen) atoms. The van der Waals surface area contributed by atoms with E-state index in [9.17, 15) is 9.90 Å². The molecule has 1 aromatic carbocycles. The zero-order chi connectivity index (χ0) is 13.8. The Kier molecular flexibility index (Phi) is 4.47. The van der Waals surface area contributed by atoms with Crippen molar-refractivity contribution in [3.63, 3.8) is 0 Å². The molecule has 0 radical (unpaired) electrons. The van der Waals surface area contributed by atoms with Crippen LogP contribution in [0, 0.1) is 0 Å². The van der Waals surface area contributed by atoms with Gasteiger partial charge in [-0.1, -0.05) is 29.3 Å². The standard InChI is InChI=1S/C13H11Cl2NO3/c14-9-2-1-3-10(15)12(9)11(17)6-16-13(18)8-4-5-19-7-8/h1-5,7,11,17H,6H2,(H,16,18)/t11-/m1/s1. The van der Waals surface area contributed by atoms with Crippen LogP contribution in [0.2, 0.25) is 10.0 Å². The summed E-state index contributed by atoms with van der Waals surface area (Å²) in [5.74, 6) is -0.337. The lowest BCUT2D eigenvalue weighted by Gasteiger charge is -2.14. The van der Waals surface area contributed by atoms with Crippen LogP contribution >= 0.6 is 23.2 Å². The fourth-order valence-electron chi connectivity index (χ4n) is 1.62. The van der Waals surface area contributed by atoms with Crippen LogP contribution in [0.1, 0.15) is 22.0 Å². The first-order valence-electron chi connectivity index (χ1n) is 5.52. The predicted octanol–water partition coefficient (Wildman–Crippen LogP) is 3.05. The first kappa shape index (κ1) is 13.9. The van der Waals surface area contributed by atoms with Gasteiger partial charge in [-0.2, -0.15) is 0 Å². The third-order valence-corrected chi connectivity index (χ3v) is 3.23. The number of carbonyl (C=O) groups excluding carboxylic acids is 1. The molecule has 100 valence electrons. The first-order valence-corrected chi connectivity index (χ1v) is 6.27. The molecule has 0 aliphatic rings. The van der Waals surface area contributed by atoms with Crippen molar-refractivity contribution >= 4 is 29.1 Å². The molecule has 2 rings (SSSR count). The Morgan fingerprint density at radius 3 is 2.58 bits per heavy atom. The maximum atomic E-state index is 11.7. The maximum absolute atomic E-state index is 11.7. The number of aliphatic hydroxyl groups is 1. The summed E-state index contributed by atoms with van der Waals surface area (Å²) in [7, 11) is 0. The minimum Gasteiger partial charge on any atom is -0.472 e. The van der Waals surface area contributed by atoms with E-state index >= 15 is 0 Å². The topological polar surface area (TPSA) is 62.5 Å². The Bertz CT molecular complexity index is 549. The Balaban J connectivity index is 2.02. The zero-order valence-corrected chi connectivity index (χ0v) is 11.3. The summed E-state index contributed by atoms with van der Waals surface area (Å²) in [5.41, 5.74) is 0.788. The van der Waals surface area contributed by atoms with E-state index < -0.39 is 6.10 Å². The third kappa shape index (κ3) is 3.29. The van der Waals surface area contributed by atoms with Crippen LogP contribution in [-0.2, 0) is 0 Å². The highest BCUT2D eigenvalue weighted by Gasteiger charge is 2.16. The van der Waals surface area contributed by atoms with Gasteiger partial charge in [0.2, 0.25) is 0 Å². The molecule has 1 amide bonds. The van der Waals surface area contributed by atoms with Crippen LogP contribution in [-0.4, -0.2) is 17.6 Å². The van der Waals surface area contributed by atoms with E-state index in [0.29, 0.717) is 21.2 Å². The lowest BCUT2D eigenvalue weighted by Crippen LogP contribution is -2.28. The van der Waals surface area contributed by atoms with Crippen molar-refractivity contribution in [1.82, 2.24) is 5.32 Å². The van der Waals surface area contributed by atoms with Gasteiger partial charge in [-0.25, -0.2) is 0 Å². The number of aliphatic hydroxyl groups excluding tert-OH is 1. The van der Waals surface area contributed by atoms with Crippen molar-refractivity contribution in [2.24, 2.45) is 0 Å². The second-order valence-electron chi connectivity index (χ2n) is 3.87.